The SMILES string of the molecule is CCCN1CCC(NC(=NC)NCC(c2cccs2)N(C)C)CC1. The predicted molar refractivity (Wildman–Crippen MR) is 105 cm³/mol. The Hall–Kier alpha value is -1.11. The molecule has 136 valence electrons. The zero-order valence-corrected chi connectivity index (χ0v) is 16.4. The molecule has 1 aromatic heterocycles. The summed E-state index contributed by atoms with van der Waals surface area (Å²) in [5.74, 6) is 0.923. The summed E-state index contributed by atoms with van der Waals surface area (Å²) in [6.07, 6.45) is 3.64. The molecule has 0 saturated carbocycles. The maximum absolute atomic E-state index is 4.42. The Morgan fingerprint density at radius 1 is 1.42 bits per heavy atom. The lowest BCUT2D eigenvalue weighted by Crippen LogP contribution is -2.49. The van der Waals surface area contributed by atoms with Gasteiger partial charge in [0.05, 0.1) is 6.04 Å². The molecular weight excluding hydrogens is 318 g/mol. The van der Waals surface area contributed by atoms with Crippen LogP contribution in [0.25, 0.3) is 0 Å². The first-order valence-electron chi connectivity index (χ1n) is 9.03. The molecule has 2 N–H and O–H groups in total. The van der Waals surface area contributed by atoms with Crippen molar-refractivity contribution in [2.75, 3.05) is 47.3 Å². The van der Waals surface area contributed by atoms with Gasteiger partial charge < -0.3 is 20.4 Å². The molecule has 0 spiro atoms. The maximum Gasteiger partial charge on any atom is 0.191 e. The number of piperidine rings is 1. The van der Waals surface area contributed by atoms with Crippen molar-refractivity contribution in [1.29, 1.82) is 0 Å². The summed E-state index contributed by atoms with van der Waals surface area (Å²) in [6.45, 7) is 6.73. The number of nitrogens with zero attached hydrogens (tertiary/aromatic N) is 3. The smallest absolute Gasteiger partial charge is 0.191 e. The van der Waals surface area contributed by atoms with E-state index in [-0.39, 0.29) is 0 Å². The molecule has 1 atom stereocenters. The molecule has 0 radical (unpaired) electrons. The van der Waals surface area contributed by atoms with E-state index in [1.165, 1.54) is 43.8 Å². The van der Waals surface area contributed by atoms with Gasteiger partial charge in [0.2, 0.25) is 0 Å². The molecule has 1 saturated heterocycles. The summed E-state index contributed by atoms with van der Waals surface area (Å²) in [4.78, 5) is 10.6. The van der Waals surface area contributed by atoms with Gasteiger partial charge in [-0.2, -0.15) is 0 Å². The number of rotatable bonds is 7. The van der Waals surface area contributed by atoms with Crippen LogP contribution in [-0.2, 0) is 0 Å². The van der Waals surface area contributed by atoms with Gasteiger partial charge in [0.1, 0.15) is 0 Å². The Kier molecular flexibility index (Phi) is 8.02. The number of likely N-dealkylation sites (N-methyl/N-ethyl adjacent to an activating group) is 1. The molecule has 1 aliphatic rings. The minimum Gasteiger partial charge on any atom is -0.354 e. The van der Waals surface area contributed by atoms with Crippen molar-refractivity contribution < 1.29 is 0 Å². The normalized spacial score (nSPS) is 18.8. The summed E-state index contributed by atoms with van der Waals surface area (Å²) >= 11 is 1.81. The molecule has 0 aliphatic carbocycles. The van der Waals surface area contributed by atoms with Gasteiger partial charge in [-0.3, -0.25) is 4.99 Å². The van der Waals surface area contributed by atoms with Crippen LogP contribution in [0.5, 0.6) is 0 Å². The zero-order valence-electron chi connectivity index (χ0n) is 15.6. The van der Waals surface area contributed by atoms with Crippen molar-refractivity contribution in [2.45, 2.75) is 38.3 Å². The number of hydrogen-bond acceptors (Lipinski definition) is 4. The fraction of sp³-hybridized carbons (Fsp3) is 0.722. The van der Waals surface area contributed by atoms with Gasteiger partial charge in [-0.05, 0) is 51.3 Å². The van der Waals surface area contributed by atoms with Gasteiger partial charge in [-0.15, -0.1) is 11.3 Å². The van der Waals surface area contributed by atoms with Crippen LogP contribution >= 0.6 is 11.3 Å². The van der Waals surface area contributed by atoms with Crippen molar-refractivity contribution in [3.05, 3.63) is 22.4 Å². The topological polar surface area (TPSA) is 42.9 Å². The second-order valence-electron chi connectivity index (χ2n) is 6.71. The fourth-order valence-corrected chi connectivity index (χ4v) is 4.14. The van der Waals surface area contributed by atoms with Gasteiger partial charge in [-0.1, -0.05) is 13.0 Å². The highest BCUT2D eigenvalue weighted by atomic mass is 32.1. The third kappa shape index (κ3) is 5.76. The van der Waals surface area contributed by atoms with Crippen molar-refractivity contribution in [2.24, 2.45) is 4.99 Å². The molecular formula is C18H33N5S. The van der Waals surface area contributed by atoms with Gasteiger partial charge in [0.15, 0.2) is 5.96 Å². The maximum atomic E-state index is 4.42. The largest absolute Gasteiger partial charge is 0.354 e. The molecule has 0 amide bonds. The van der Waals surface area contributed by atoms with Crippen molar-refractivity contribution in [3.63, 3.8) is 0 Å². The first-order valence-corrected chi connectivity index (χ1v) is 9.91. The third-order valence-electron chi connectivity index (χ3n) is 4.65. The van der Waals surface area contributed by atoms with Gasteiger partial charge in [0, 0.05) is 37.6 Å². The summed E-state index contributed by atoms with van der Waals surface area (Å²) in [5, 5.41) is 9.26. The summed E-state index contributed by atoms with van der Waals surface area (Å²) in [6, 6.07) is 5.23. The lowest BCUT2D eigenvalue weighted by molar-refractivity contribution is 0.206. The average Bonchev–Trinajstić information content (AvgIpc) is 3.09. The number of aliphatic imine (C=N–C) groups is 1. The van der Waals surface area contributed by atoms with E-state index in [0.717, 1.165) is 12.5 Å². The van der Waals surface area contributed by atoms with E-state index in [1.807, 2.05) is 18.4 Å². The Bertz CT molecular complexity index is 478. The van der Waals surface area contributed by atoms with E-state index in [0.29, 0.717) is 12.1 Å². The lowest BCUT2D eigenvalue weighted by Gasteiger charge is -2.33. The molecule has 1 aromatic rings. The third-order valence-corrected chi connectivity index (χ3v) is 5.62. The van der Waals surface area contributed by atoms with E-state index in [9.17, 15) is 0 Å². The van der Waals surface area contributed by atoms with Crippen LogP contribution in [0.15, 0.2) is 22.5 Å². The van der Waals surface area contributed by atoms with E-state index in [2.05, 4.69) is 64.0 Å². The molecule has 2 heterocycles. The van der Waals surface area contributed by atoms with E-state index >= 15 is 0 Å². The van der Waals surface area contributed by atoms with Gasteiger partial charge >= 0.3 is 0 Å². The molecule has 1 fully saturated rings. The number of thiophene rings is 1. The predicted octanol–water partition coefficient (Wildman–Crippen LogP) is 2.39. The lowest BCUT2D eigenvalue weighted by atomic mass is 10.1. The summed E-state index contributed by atoms with van der Waals surface area (Å²) in [7, 11) is 6.12. The standard InChI is InChI=1S/C18H33N5S/c1-5-10-23-11-8-15(9-12-23)21-18(19-2)20-14-16(22(3)4)17-7-6-13-24-17/h6-7,13,15-16H,5,8-12,14H2,1-4H3,(H2,19,20,21). The van der Waals surface area contributed by atoms with E-state index < -0.39 is 0 Å². The number of nitrogens with one attached hydrogen (secondary N) is 2. The Morgan fingerprint density at radius 3 is 2.71 bits per heavy atom. The quantitative estimate of drug-likeness (QED) is 0.585. The van der Waals surface area contributed by atoms with Crippen molar-refractivity contribution in [3.8, 4) is 0 Å². The molecule has 2 rings (SSSR count). The van der Waals surface area contributed by atoms with Crippen LogP contribution in [0.1, 0.15) is 37.1 Å². The molecule has 1 unspecified atom stereocenters. The van der Waals surface area contributed by atoms with Gasteiger partial charge in [-0.25, -0.2) is 0 Å². The van der Waals surface area contributed by atoms with E-state index in [4.69, 9.17) is 0 Å². The van der Waals surface area contributed by atoms with Crippen LogP contribution < -0.4 is 10.6 Å². The van der Waals surface area contributed by atoms with Crippen LogP contribution in [-0.4, -0.2) is 69.1 Å². The Morgan fingerprint density at radius 2 is 2.17 bits per heavy atom. The van der Waals surface area contributed by atoms with Crippen molar-refractivity contribution >= 4 is 17.3 Å². The van der Waals surface area contributed by atoms with Crippen LogP contribution in [0.3, 0.4) is 0 Å². The Balaban J connectivity index is 1.80. The minimum absolute atomic E-state index is 0.370. The molecule has 1 aliphatic heterocycles. The first kappa shape index (κ1) is 19.2. The minimum atomic E-state index is 0.370. The highest BCUT2D eigenvalue weighted by Gasteiger charge is 2.20. The van der Waals surface area contributed by atoms with E-state index in [1.54, 1.807) is 0 Å². The number of hydrogen-bond donors (Lipinski definition) is 2. The molecule has 24 heavy (non-hydrogen) atoms. The molecule has 6 heteroatoms. The summed E-state index contributed by atoms with van der Waals surface area (Å²) < 4.78 is 0. The fourth-order valence-electron chi connectivity index (χ4n) is 3.22. The van der Waals surface area contributed by atoms with Crippen LogP contribution in [0.4, 0.5) is 0 Å². The monoisotopic (exact) mass is 351 g/mol. The van der Waals surface area contributed by atoms with Crippen LogP contribution in [0.2, 0.25) is 0 Å². The Labute approximate surface area is 151 Å². The number of guanidine groups is 1. The second kappa shape index (κ2) is 10.0. The summed E-state index contributed by atoms with van der Waals surface area (Å²) in [5.41, 5.74) is 0. The first-order chi connectivity index (χ1) is 11.6. The second-order valence-corrected chi connectivity index (χ2v) is 7.69. The molecule has 0 bridgehead atoms. The average molecular weight is 352 g/mol. The van der Waals surface area contributed by atoms with Crippen LogP contribution in [0, 0.1) is 0 Å². The van der Waals surface area contributed by atoms with Gasteiger partial charge in [0.25, 0.3) is 0 Å². The highest BCUT2D eigenvalue weighted by Crippen LogP contribution is 2.22. The number of likely N-dealkylation sites (tertiary alicyclic amines) is 1. The molecule has 0 aromatic carbocycles. The highest BCUT2D eigenvalue weighted by molar-refractivity contribution is 7.10. The zero-order chi connectivity index (χ0) is 17.4. The molecule has 5 nitrogen and oxygen atoms in total. The van der Waals surface area contributed by atoms with Crippen molar-refractivity contribution in [1.82, 2.24) is 20.4 Å².